The quantitative estimate of drug-likeness (QED) is 0.494. The van der Waals surface area contributed by atoms with Gasteiger partial charge in [0.1, 0.15) is 5.60 Å². The molecule has 3 aromatic rings. The molecule has 36 heavy (non-hydrogen) atoms. The van der Waals surface area contributed by atoms with E-state index in [0.29, 0.717) is 29.9 Å². The molecule has 3 fully saturated rings. The van der Waals surface area contributed by atoms with Gasteiger partial charge in [-0.3, -0.25) is 4.90 Å². The summed E-state index contributed by atoms with van der Waals surface area (Å²) < 4.78 is 11.9. The first-order valence-electron chi connectivity index (χ1n) is 12.8. The number of hydrogen-bond donors (Lipinski definition) is 0. The van der Waals surface area contributed by atoms with Crippen LogP contribution in [0.25, 0.3) is 21.3 Å². The van der Waals surface area contributed by atoms with Crippen molar-refractivity contribution in [3.8, 4) is 17.1 Å². The molecule has 0 bridgehead atoms. The summed E-state index contributed by atoms with van der Waals surface area (Å²) in [6.45, 7) is 8.68. The molecule has 1 amide bonds. The number of fused-ring (bicyclic) bond motifs is 2. The fourth-order valence-corrected chi connectivity index (χ4v) is 6.93. The van der Waals surface area contributed by atoms with Crippen molar-refractivity contribution in [2.45, 2.75) is 63.6 Å². The number of carbonyl (C=O) groups excluding carboxylic acids is 1. The highest BCUT2D eigenvalue weighted by Gasteiger charge is 2.48. The highest BCUT2D eigenvalue weighted by molar-refractivity contribution is 7.18. The summed E-state index contributed by atoms with van der Waals surface area (Å²) in [4.78, 5) is 30.7. The van der Waals surface area contributed by atoms with E-state index in [-0.39, 0.29) is 6.09 Å². The lowest BCUT2D eigenvalue weighted by Gasteiger charge is -2.41. The van der Waals surface area contributed by atoms with Crippen molar-refractivity contribution >= 4 is 27.6 Å². The topological polar surface area (TPSA) is 80.7 Å². The van der Waals surface area contributed by atoms with E-state index in [1.807, 2.05) is 25.7 Å². The van der Waals surface area contributed by atoms with E-state index in [1.54, 1.807) is 30.8 Å². The van der Waals surface area contributed by atoms with Gasteiger partial charge in [0, 0.05) is 49.6 Å². The predicted octanol–water partition coefficient (Wildman–Crippen LogP) is 4.95. The SMILES string of the molecule is COc1ncc(-c2ccc3nc([C@H]4C[C@@H](N5C[C@H]6CCN(C(=O)OC(C)(C)C)[C@H]6C5)C4)sc3c2)cn1. The molecule has 1 saturated carbocycles. The van der Waals surface area contributed by atoms with Gasteiger partial charge in [0.25, 0.3) is 0 Å². The van der Waals surface area contributed by atoms with E-state index in [9.17, 15) is 4.79 Å². The first-order valence-corrected chi connectivity index (χ1v) is 13.6. The Balaban J connectivity index is 1.08. The van der Waals surface area contributed by atoms with Crippen molar-refractivity contribution in [3.05, 3.63) is 35.6 Å². The maximum absolute atomic E-state index is 12.7. The molecule has 0 radical (unpaired) electrons. The lowest BCUT2D eigenvalue weighted by Crippen LogP contribution is -2.46. The van der Waals surface area contributed by atoms with Crippen molar-refractivity contribution in [1.29, 1.82) is 0 Å². The van der Waals surface area contributed by atoms with Gasteiger partial charge in [-0.1, -0.05) is 6.07 Å². The number of thiazole rings is 1. The molecular weight excluding hydrogens is 474 g/mol. The molecule has 0 unspecified atom stereocenters. The van der Waals surface area contributed by atoms with Crippen LogP contribution in [0.5, 0.6) is 6.01 Å². The van der Waals surface area contributed by atoms with Crippen LogP contribution in [0, 0.1) is 5.92 Å². The summed E-state index contributed by atoms with van der Waals surface area (Å²) >= 11 is 1.80. The highest BCUT2D eigenvalue weighted by Crippen LogP contribution is 2.45. The third-order valence-electron chi connectivity index (χ3n) is 7.73. The van der Waals surface area contributed by atoms with Gasteiger partial charge in [0.15, 0.2) is 0 Å². The number of methoxy groups -OCH3 is 1. The summed E-state index contributed by atoms with van der Waals surface area (Å²) in [5.74, 6) is 1.09. The van der Waals surface area contributed by atoms with Crippen LogP contribution in [-0.4, -0.2) is 75.3 Å². The summed E-state index contributed by atoms with van der Waals surface area (Å²) in [6.07, 6.45) is 6.80. The van der Waals surface area contributed by atoms with Crippen LogP contribution in [0.3, 0.4) is 0 Å². The van der Waals surface area contributed by atoms with Gasteiger partial charge >= 0.3 is 12.1 Å². The molecule has 190 valence electrons. The van der Waals surface area contributed by atoms with Gasteiger partial charge in [0.2, 0.25) is 0 Å². The second kappa shape index (κ2) is 8.95. The Labute approximate surface area is 215 Å². The second-order valence-electron chi connectivity index (χ2n) is 11.3. The Bertz CT molecular complexity index is 1260. The zero-order chi connectivity index (χ0) is 25.0. The van der Waals surface area contributed by atoms with Crippen LogP contribution in [-0.2, 0) is 4.74 Å². The average molecular weight is 508 g/mol. The number of ether oxygens (including phenoxy) is 2. The van der Waals surface area contributed by atoms with E-state index in [4.69, 9.17) is 14.5 Å². The standard InChI is InChI=1S/C27H33N5O3S/c1-27(2,3)35-26(33)32-8-7-17-14-31(15-22(17)32)20-9-18(10-20)24-30-21-6-5-16(11-23(21)36-24)19-12-28-25(34-4)29-13-19/h5-6,11-13,17-18,20,22H,7-10,14-15H2,1-4H3/t17-,18-,20+,22+/m1/s1. The molecule has 2 saturated heterocycles. The molecule has 9 heteroatoms. The van der Waals surface area contributed by atoms with Crippen LogP contribution in [0.2, 0.25) is 0 Å². The van der Waals surface area contributed by atoms with Crippen LogP contribution in [0.4, 0.5) is 4.79 Å². The number of amides is 1. The number of hydrogen-bond acceptors (Lipinski definition) is 8. The van der Waals surface area contributed by atoms with E-state index in [0.717, 1.165) is 55.5 Å². The summed E-state index contributed by atoms with van der Waals surface area (Å²) in [5, 5.41) is 1.24. The Morgan fingerprint density at radius 1 is 1.11 bits per heavy atom. The first kappa shape index (κ1) is 23.6. The molecule has 0 spiro atoms. The minimum Gasteiger partial charge on any atom is -0.467 e. The van der Waals surface area contributed by atoms with Gasteiger partial charge in [0.05, 0.1) is 28.4 Å². The van der Waals surface area contributed by atoms with Gasteiger partial charge in [-0.2, -0.15) is 0 Å². The summed E-state index contributed by atoms with van der Waals surface area (Å²) in [7, 11) is 1.57. The van der Waals surface area contributed by atoms with Crippen molar-refractivity contribution < 1.29 is 14.3 Å². The Kier molecular flexibility index (Phi) is 5.87. The fourth-order valence-electron chi connectivity index (χ4n) is 5.79. The Morgan fingerprint density at radius 3 is 2.61 bits per heavy atom. The number of rotatable bonds is 4. The fraction of sp³-hybridized carbons (Fsp3) is 0.556. The summed E-state index contributed by atoms with van der Waals surface area (Å²) in [6, 6.07) is 7.61. The van der Waals surface area contributed by atoms with Gasteiger partial charge in [-0.05, 0) is 63.6 Å². The average Bonchev–Trinajstić information content (AvgIpc) is 3.50. The monoisotopic (exact) mass is 507 g/mol. The number of likely N-dealkylation sites (tertiary alicyclic amines) is 2. The van der Waals surface area contributed by atoms with Crippen LogP contribution in [0.1, 0.15) is 51.0 Å². The lowest BCUT2D eigenvalue weighted by atomic mass is 9.80. The Hall–Kier alpha value is -2.78. The predicted molar refractivity (Wildman–Crippen MR) is 139 cm³/mol. The van der Waals surface area contributed by atoms with Crippen molar-refractivity contribution in [2.24, 2.45) is 5.92 Å². The number of nitrogens with zero attached hydrogens (tertiary/aromatic N) is 5. The smallest absolute Gasteiger partial charge is 0.410 e. The molecule has 2 atom stereocenters. The molecule has 8 nitrogen and oxygen atoms in total. The van der Waals surface area contributed by atoms with E-state index in [2.05, 4.69) is 33.1 Å². The minimum absolute atomic E-state index is 0.154. The normalized spacial score (nSPS) is 26.2. The summed E-state index contributed by atoms with van der Waals surface area (Å²) in [5.41, 5.74) is 2.66. The largest absolute Gasteiger partial charge is 0.467 e. The molecule has 1 aliphatic carbocycles. The molecule has 2 aliphatic heterocycles. The van der Waals surface area contributed by atoms with Crippen molar-refractivity contribution in [1.82, 2.24) is 24.8 Å². The molecular formula is C27H33N5O3S. The molecule has 1 aromatic carbocycles. The third-order valence-corrected chi connectivity index (χ3v) is 8.91. The van der Waals surface area contributed by atoms with Gasteiger partial charge in [-0.15, -0.1) is 11.3 Å². The maximum atomic E-state index is 12.7. The zero-order valence-electron chi connectivity index (χ0n) is 21.3. The van der Waals surface area contributed by atoms with Crippen LogP contribution >= 0.6 is 11.3 Å². The van der Waals surface area contributed by atoms with Crippen LogP contribution < -0.4 is 4.74 Å². The third kappa shape index (κ3) is 4.43. The maximum Gasteiger partial charge on any atom is 0.410 e. The van der Waals surface area contributed by atoms with Gasteiger partial charge < -0.3 is 14.4 Å². The number of carbonyl (C=O) groups is 1. The first-order chi connectivity index (χ1) is 17.3. The highest BCUT2D eigenvalue weighted by atomic mass is 32.1. The van der Waals surface area contributed by atoms with Crippen molar-refractivity contribution in [2.75, 3.05) is 26.7 Å². The Morgan fingerprint density at radius 2 is 1.89 bits per heavy atom. The van der Waals surface area contributed by atoms with E-state index >= 15 is 0 Å². The lowest BCUT2D eigenvalue weighted by molar-refractivity contribution is 0.0204. The van der Waals surface area contributed by atoms with Crippen LogP contribution in [0.15, 0.2) is 30.6 Å². The number of benzene rings is 1. The minimum atomic E-state index is -0.449. The second-order valence-corrected chi connectivity index (χ2v) is 12.3. The molecule has 2 aromatic heterocycles. The molecule has 3 aliphatic rings. The molecule has 6 rings (SSSR count). The van der Waals surface area contributed by atoms with Crippen molar-refractivity contribution in [3.63, 3.8) is 0 Å². The zero-order valence-corrected chi connectivity index (χ0v) is 22.1. The molecule has 0 N–H and O–H groups in total. The number of aromatic nitrogens is 3. The molecule has 4 heterocycles. The van der Waals surface area contributed by atoms with E-state index < -0.39 is 5.60 Å². The van der Waals surface area contributed by atoms with Gasteiger partial charge in [-0.25, -0.2) is 19.7 Å². The van der Waals surface area contributed by atoms with E-state index in [1.165, 1.54) is 9.71 Å².